The first-order valence-corrected chi connectivity index (χ1v) is 7.23. The number of H-pyrrole nitrogens is 2. The van der Waals surface area contributed by atoms with Crippen molar-refractivity contribution < 1.29 is 4.74 Å². The van der Waals surface area contributed by atoms with Crippen LogP contribution in [0, 0.1) is 0 Å². The fraction of sp³-hybridized carbons (Fsp3) is 0.0769. The first-order chi connectivity index (χ1) is 11.2. The highest BCUT2D eigenvalue weighted by atomic mass is 35.5. The number of nitrogens with one attached hydrogen (secondary N) is 2. The second kappa shape index (κ2) is 5.25. The SMILES string of the molecule is COc1ccc2c(n1)c(-c1cn[nH]c1)c(-c1nc(Cl)n[nH]1)n2Cl. The first-order valence-electron chi connectivity index (χ1n) is 6.52. The lowest BCUT2D eigenvalue weighted by molar-refractivity contribution is 0.399. The zero-order valence-corrected chi connectivity index (χ0v) is 13.2. The molecular formula is C13H9Cl2N7O. The molecule has 0 aliphatic rings. The number of aromatic nitrogens is 7. The van der Waals surface area contributed by atoms with E-state index in [4.69, 9.17) is 28.1 Å². The lowest BCUT2D eigenvalue weighted by atomic mass is 10.1. The summed E-state index contributed by atoms with van der Waals surface area (Å²) < 4.78 is 6.67. The summed E-state index contributed by atoms with van der Waals surface area (Å²) in [7, 11) is 1.56. The van der Waals surface area contributed by atoms with Gasteiger partial charge in [-0.25, -0.2) is 9.07 Å². The zero-order valence-electron chi connectivity index (χ0n) is 11.7. The minimum Gasteiger partial charge on any atom is -0.481 e. The van der Waals surface area contributed by atoms with Gasteiger partial charge in [0.1, 0.15) is 11.2 Å². The van der Waals surface area contributed by atoms with Crippen LogP contribution in [0.2, 0.25) is 5.28 Å². The van der Waals surface area contributed by atoms with Crippen molar-refractivity contribution in [2.75, 3.05) is 7.11 Å². The van der Waals surface area contributed by atoms with Crippen LogP contribution in [0.4, 0.5) is 0 Å². The van der Waals surface area contributed by atoms with Crippen LogP contribution in [0.15, 0.2) is 24.5 Å². The van der Waals surface area contributed by atoms with Crippen LogP contribution in [0.1, 0.15) is 0 Å². The highest BCUT2D eigenvalue weighted by Crippen LogP contribution is 2.40. The maximum atomic E-state index is 6.49. The van der Waals surface area contributed by atoms with Gasteiger partial charge in [-0.1, -0.05) is 0 Å². The molecule has 0 saturated heterocycles. The van der Waals surface area contributed by atoms with Crippen LogP contribution in [-0.2, 0) is 0 Å². The van der Waals surface area contributed by atoms with Gasteiger partial charge >= 0.3 is 0 Å². The number of pyridine rings is 1. The predicted molar refractivity (Wildman–Crippen MR) is 85.5 cm³/mol. The minimum atomic E-state index is 0.102. The van der Waals surface area contributed by atoms with Gasteiger partial charge in [0.15, 0.2) is 5.82 Å². The lowest BCUT2D eigenvalue weighted by Gasteiger charge is -2.00. The fourth-order valence-corrected chi connectivity index (χ4v) is 2.87. The molecule has 0 radical (unpaired) electrons. The molecule has 0 saturated carbocycles. The zero-order chi connectivity index (χ0) is 16.0. The Morgan fingerprint density at radius 2 is 2.13 bits per heavy atom. The van der Waals surface area contributed by atoms with E-state index >= 15 is 0 Å². The molecule has 8 nitrogen and oxygen atoms in total. The largest absolute Gasteiger partial charge is 0.481 e. The molecule has 0 bridgehead atoms. The van der Waals surface area contributed by atoms with Gasteiger partial charge in [-0.05, 0) is 17.7 Å². The molecule has 23 heavy (non-hydrogen) atoms. The van der Waals surface area contributed by atoms with Gasteiger partial charge < -0.3 is 4.74 Å². The average Bonchev–Trinajstić information content (AvgIpc) is 3.27. The summed E-state index contributed by atoms with van der Waals surface area (Å²) in [6, 6.07) is 3.55. The van der Waals surface area contributed by atoms with Crippen molar-refractivity contribution in [2.24, 2.45) is 0 Å². The van der Waals surface area contributed by atoms with Gasteiger partial charge in [-0.2, -0.15) is 10.1 Å². The van der Waals surface area contributed by atoms with E-state index in [9.17, 15) is 0 Å². The van der Waals surface area contributed by atoms with Crippen molar-refractivity contribution in [3.8, 4) is 28.5 Å². The Bertz CT molecular complexity index is 990. The number of hydrogen-bond donors (Lipinski definition) is 2. The fourth-order valence-electron chi connectivity index (χ4n) is 2.44. The van der Waals surface area contributed by atoms with Crippen molar-refractivity contribution in [3.63, 3.8) is 0 Å². The molecular weight excluding hydrogens is 341 g/mol. The van der Waals surface area contributed by atoms with Crippen LogP contribution in [-0.4, -0.2) is 41.6 Å². The molecule has 0 amide bonds. The molecule has 0 aliphatic carbocycles. The van der Waals surface area contributed by atoms with Gasteiger partial charge in [-0.3, -0.25) is 10.2 Å². The summed E-state index contributed by atoms with van der Waals surface area (Å²) in [5.41, 5.74) is 3.49. The standard InChI is InChI=1S/C13H9Cl2N7O/c1-23-8-3-2-7-10(18-8)9(6-4-16-17-5-6)11(22(7)15)12-19-13(14)21-20-12/h2-5H,1H3,(H,16,17)(H,19,20,21). The van der Waals surface area contributed by atoms with E-state index in [-0.39, 0.29) is 5.28 Å². The summed E-state index contributed by atoms with van der Waals surface area (Å²) in [6.45, 7) is 0. The molecule has 4 heterocycles. The van der Waals surface area contributed by atoms with E-state index in [0.29, 0.717) is 28.4 Å². The third-order valence-corrected chi connectivity index (χ3v) is 3.93. The van der Waals surface area contributed by atoms with Gasteiger partial charge in [0.2, 0.25) is 11.2 Å². The minimum absolute atomic E-state index is 0.102. The van der Waals surface area contributed by atoms with Gasteiger partial charge in [0.05, 0.1) is 18.8 Å². The Labute approximate surface area is 139 Å². The van der Waals surface area contributed by atoms with Crippen molar-refractivity contribution in [3.05, 3.63) is 29.8 Å². The van der Waals surface area contributed by atoms with Crippen LogP contribution in [0.25, 0.3) is 33.7 Å². The highest BCUT2D eigenvalue weighted by molar-refractivity contribution is 6.28. The molecule has 0 spiro atoms. The summed E-state index contributed by atoms with van der Waals surface area (Å²) in [6.07, 6.45) is 3.42. The van der Waals surface area contributed by atoms with E-state index in [1.165, 1.54) is 4.09 Å². The summed E-state index contributed by atoms with van der Waals surface area (Å²) >= 11 is 12.3. The molecule has 0 unspecified atom stereocenters. The molecule has 0 aliphatic heterocycles. The van der Waals surface area contributed by atoms with Crippen LogP contribution in [0.5, 0.6) is 5.88 Å². The van der Waals surface area contributed by atoms with Gasteiger partial charge in [0.25, 0.3) is 0 Å². The highest BCUT2D eigenvalue weighted by Gasteiger charge is 2.24. The van der Waals surface area contributed by atoms with E-state index in [1.807, 2.05) is 6.07 Å². The van der Waals surface area contributed by atoms with E-state index in [2.05, 4.69) is 30.4 Å². The molecule has 0 atom stereocenters. The Morgan fingerprint density at radius 1 is 1.26 bits per heavy atom. The van der Waals surface area contributed by atoms with Crippen molar-refractivity contribution >= 4 is 34.4 Å². The van der Waals surface area contributed by atoms with Crippen molar-refractivity contribution in [1.29, 1.82) is 0 Å². The number of halogens is 2. The average molecular weight is 350 g/mol. The van der Waals surface area contributed by atoms with Gasteiger partial charge in [-0.15, -0.1) is 5.10 Å². The number of nitrogens with zero attached hydrogens (tertiary/aromatic N) is 5. The van der Waals surface area contributed by atoms with Crippen LogP contribution >= 0.6 is 23.4 Å². The third kappa shape index (κ3) is 2.14. The summed E-state index contributed by atoms with van der Waals surface area (Å²) in [5.74, 6) is 0.907. The smallest absolute Gasteiger partial charge is 0.242 e. The van der Waals surface area contributed by atoms with Gasteiger partial charge in [0, 0.05) is 35.2 Å². The number of rotatable bonds is 3. The quantitative estimate of drug-likeness (QED) is 0.592. The first kappa shape index (κ1) is 14.0. The molecule has 4 rings (SSSR count). The monoisotopic (exact) mass is 349 g/mol. The van der Waals surface area contributed by atoms with E-state index in [1.54, 1.807) is 25.6 Å². The maximum Gasteiger partial charge on any atom is 0.242 e. The molecule has 4 aromatic heterocycles. The molecule has 0 fully saturated rings. The number of hydrogen-bond acceptors (Lipinski definition) is 5. The Kier molecular flexibility index (Phi) is 3.21. The Hall–Kier alpha value is -2.58. The van der Waals surface area contributed by atoms with Crippen molar-refractivity contribution in [1.82, 2.24) is 34.4 Å². The number of fused-ring (bicyclic) bond motifs is 1. The number of ether oxygens (including phenoxy) is 1. The van der Waals surface area contributed by atoms with Crippen LogP contribution < -0.4 is 4.74 Å². The second-order valence-electron chi connectivity index (χ2n) is 4.67. The Balaban J connectivity index is 2.12. The lowest BCUT2D eigenvalue weighted by Crippen LogP contribution is -1.89. The molecule has 2 N–H and O–H groups in total. The maximum absolute atomic E-state index is 6.49. The third-order valence-electron chi connectivity index (χ3n) is 3.41. The number of aromatic amines is 2. The summed E-state index contributed by atoms with van der Waals surface area (Å²) in [4.78, 5) is 8.65. The Morgan fingerprint density at radius 3 is 2.78 bits per heavy atom. The van der Waals surface area contributed by atoms with E-state index in [0.717, 1.165) is 11.1 Å². The topological polar surface area (TPSA) is 97.3 Å². The molecule has 10 heteroatoms. The number of methoxy groups -OCH3 is 1. The predicted octanol–water partition coefficient (Wildman–Crippen LogP) is 2.88. The van der Waals surface area contributed by atoms with E-state index < -0.39 is 0 Å². The molecule has 4 aromatic rings. The van der Waals surface area contributed by atoms with Crippen molar-refractivity contribution in [2.45, 2.75) is 0 Å². The second-order valence-corrected chi connectivity index (χ2v) is 5.34. The molecule has 0 aromatic carbocycles. The normalized spacial score (nSPS) is 11.3. The van der Waals surface area contributed by atoms with Crippen LogP contribution in [0.3, 0.4) is 0 Å². The summed E-state index contributed by atoms with van der Waals surface area (Å²) in [5, 5.41) is 13.5. The molecule has 116 valence electrons.